The molecule has 0 aliphatic rings. The molecule has 0 amide bonds. The molecule has 0 rings (SSSR count). The summed E-state index contributed by atoms with van der Waals surface area (Å²) in [6, 6.07) is 0. The van der Waals surface area contributed by atoms with Gasteiger partial charge in [0, 0.05) is 20.1 Å². The van der Waals surface area contributed by atoms with E-state index in [0.717, 1.165) is 12.8 Å². The summed E-state index contributed by atoms with van der Waals surface area (Å²) in [5.41, 5.74) is 0. The van der Waals surface area contributed by atoms with Crippen molar-refractivity contribution in [3.63, 3.8) is 0 Å². The average molecular weight is 159 g/mol. The van der Waals surface area contributed by atoms with Crippen molar-refractivity contribution in [2.75, 3.05) is 13.7 Å². The van der Waals surface area contributed by atoms with Crippen LogP contribution in [0, 0.1) is 0 Å². The SMILES string of the molecule is CCCCCC([O])CCOC. The van der Waals surface area contributed by atoms with Gasteiger partial charge in [-0.2, -0.15) is 0 Å². The maximum absolute atomic E-state index is 11.1. The molecule has 0 spiro atoms. The van der Waals surface area contributed by atoms with Crippen molar-refractivity contribution in [3.8, 4) is 0 Å². The van der Waals surface area contributed by atoms with Crippen LogP contribution in [-0.2, 0) is 9.84 Å². The van der Waals surface area contributed by atoms with Gasteiger partial charge in [-0.1, -0.05) is 26.2 Å². The number of ether oxygens (including phenoxy) is 1. The summed E-state index contributed by atoms with van der Waals surface area (Å²) in [6.45, 7) is 2.76. The van der Waals surface area contributed by atoms with Crippen molar-refractivity contribution >= 4 is 0 Å². The summed E-state index contributed by atoms with van der Waals surface area (Å²) < 4.78 is 4.82. The minimum absolute atomic E-state index is 0.401. The Labute approximate surface area is 69.6 Å². The molecular weight excluding hydrogens is 140 g/mol. The lowest BCUT2D eigenvalue weighted by molar-refractivity contribution is 0.0463. The van der Waals surface area contributed by atoms with Crippen molar-refractivity contribution in [1.82, 2.24) is 0 Å². The Morgan fingerprint density at radius 3 is 2.55 bits per heavy atom. The molecule has 0 aliphatic carbocycles. The van der Waals surface area contributed by atoms with Gasteiger partial charge in [0.25, 0.3) is 0 Å². The topological polar surface area (TPSA) is 29.1 Å². The molecule has 0 aromatic carbocycles. The molecule has 1 radical (unpaired) electrons. The first kappa shape index (κ1) is 10.9. The van der Waals surface area contributed by atoms with Gasteiger partial charge >= 0.3 is 0 Å². The predicted molar refractivity (Wildman–Crippen MR) is 45.1 cm³/mol. The molecule has 0 N–H and O–H groups in total. The second-order valence-corrected chi connectivity index (χ2v) is 2.90. The van der Waals surface area contributed by atoms with E-state index in [1.807, 2.05) is 0 Å². The fourth-order valence-electron chi connectivity index (χ4n) is 1.02. The Balaban J connectivity index is 3.02. The first-order valence-electron chi connectivity index (χ1n) is 4.46. The van der Waals surface area contributed by atoms with Gasteiger partial charge in [0.05, 0.1) is 6.10 Å². The Morgan fingerprint density at radius 1 is 1.27 bits per heavy atom. The van der Waals surface area contributed by atoms with Gasteiger partial charge in [0.15, 0.2) is 0 Å². The second kappa shape index (κ2) is 8.02. The molecule has 0 fully saturated rings. The van der Waals surface area contributed by atoms with Gasteiger partial charge in [0.1, 0.15) is 0 Å². The van der Waals surface area contributed by atoms with E-state index in [1.54, 1.807) is 7.11 Å². The van der Waals surface area contributed by atoms with Crippen molar-refractivity contribution < 1.29 is 9.84 Å². The van der Waals surface area contributed by atoms with E-state index in [2.05, 4.69) is 6.92 Å². The van der Waals surface area contributed by atoms with Crippen molar-refractivity contribution in [3.05, 3.63) is 0 Å². The fraction of sp³-hybridized carbons (Fsp3) is 1.00. The largest absolute Gasteiger partial charge is 0.385 e. The zero-order valence-corrected chi connectivity index (χ0v) is 7.64. The Hall–Kier alpha value is -0.0800. The molecule has 2 nitrogen and oxygen atoms in total. The lowest BCUT2D eigenvalue weighted by Gasteiger charge is -2.05. The van der Waals surface area contributed by atoms with Crippen LogP contribution in [0.4, 0.5) is 0 Å². The van der Waals surface area contributed by atoms with Gasteiger partial charge in [0.2, 0.25) is 0 Å². The molecule has 2 heteroatoms. The lowest BCUT2D eigenvalue weighted by Crippen LogP contribution is -2.07. The minimum atomic E-state index is -0.401. The van der Waals surface area contributed by atoms with Crippen LogP contribution < -0.4 is 0 Å². The molecule has 0 aromatic heterocycles. The molecule has 1 atom stereocenters. The van der Waals surface area contributed by atoms with Crippen LogP contribution in [0.2, 0.25) is 0 Å². The maximum Gasteiger partial charge on any atom is 0.0952 e. The van der Waals surface area contributed by atoms with Gasteiger partial charge < -0.3 is 4.74 Å². The average Bonchev–Trinajstić information content (AvgIpc) is 2.01. The van der Waals surface area contributed by atoms with Crippen LogP contribution in [0.5, 0.6) is 0 Å². The second-order valence-electron chi connectivity index (χ2n) is 2.90. The van der Waals surface area contributed by atoms with Crippen molar-refractivity contribution in [2.45, 2.75) is 45.1 Å². The van der Waals surface area contributed by atoms with Crippen LogP contribution in [0.15, 0.2) is 0 Å². The molecule has 0 aromatic rings. The molecule has 67 valence electrons. The molecule has 0 saturated heterocycles. The Bertz CT molecular complexity index is 74.0. The Morgan fingerprint density at radius 2 is 2.00 bits per heavy atom. The first-order valence-corrected chi connectivity index (χ1v) is 4.46. The summed E-state index contributed by atoms with van der Waals surface area (Å²) in [7, 11) is 1.64. The van der Waals surface area contributed by atoms with Gasteiger partial charge in [-0.05, 0) is 6.42 Å². The van der Waals surface area contributed by atoms with E-state index >= 15 is 0 Å². The van der Waals surface area contributed by atoms with Gasteiger partial charge in [-0.3, -0.25) is 0 Å². The Kier molecular flexibility index (Phi) is 7.96. The number of methoxy groups -OCH3 is 1. The zero-order chi connectivity index (χ0) is 8.53. The van der Waals surface area contributed by atoms with E-state index in [1.165, 1.54) is 12.8 Å². The smallest absolute Gasteiger partial charge is 0.0952 e. The van der Waals surface area contributed by atoms with Gasteiger partial charge in [-0.25, -0.2) is 5.11 Å². The summed E-state index contributed by atoms with van der Waals surface area (Å²) >= 11 is 0. The molecule has 11 heavy (non-hydrogen) atoms. The van der Waals surface area contributed by atoms with Crippen LogP contribution in [0.1, 0.15) is 39.0 Å². The minimum Gasteiger partial charge on any atom is -0.385 e. The van der Waals surface area contributed by atoms with E-state index in [-0.39, 0.29) is 0 Å². The number of hydrogen-bond acceptors (Lipinski definition) is 1. The van der Waals surface area contributed by atoms with E-state index < -0.39 is 6.10 Å². The highest BCUT2D eigenvalue weighted by molar-refractivity contribution is 4.54. The number of rotatable bonds is 7. The summed E-state index contributed by atoms with van der Waals surface area (Å²) in [5, 5.41) is 11.1. The lowest BCUT2D eigenvalue weighted by atomic mass is 10.1. The molecule has 0 bridgehead atoms. The molecule has 0 saturated carbocycles. The van der Waals surface area contributed by atoms with E-state index in [4.69, 9.17) is 4.74 Å². The van der Waals surface area contributed by atoms with Crippen LogP contribution in [0.3, 0.4) is 0 Å². The number of unbranched alkanes of at least 4 members (excludes halogenated alkanes) is 2. The third-order valence-corrected chi connectivity index (χ3v) is 1.77. The molecule has 1 unspecified atom stereocenters. The maximum atomic E-state index is 11.1. The quantitative estimate of drug-likeness (QED) is 0.524. The van der Waals surface area contributed by atoms with Crippen LogP contribution in [0.25, 0.3) is 0 Å². The summed E-state index contributed by atoms with van der Waals surface area (Å²) in [6.07, 6.45) is 4.54. The zero-order valence-electron chi connectivity index (χ0n) is 7.64. The highest BCUT2D eigenvalue weighted by Gasteiger charge is 2.03. The monoisotopic (exact) mass is 159 g/mol. The first-order chi connectivity index (χ1) is 5.31. The molecule has 0 heterocycles. The molecule has 0 aliphatic heterocycles. The van der Waals surface area contributed by atoms with Crippen molar-refractivity contribution in [1.29, 1.82) is 0 Å². The van der Waals surface area contributed by atoms with Crippen molar-refractivity contribution in [2.24, 2.45) is 0 Å². The van der Waals surface area contributed by atoms with E-state index in [0.29, 0.717) is 13.0 Å². The third-order valence-electron chi connectivity index (χ3n) is 1.77. The summed E-state index contributed by atoms with van der Waals surface area (Å²) in [4.78, 5) is 0. The standard InChI is InChI=1S/C9H19O2/c1-3-4-5-6-9(10)7-8-11-2/h9H,3-8H2,1-2H3. The van der Waals surface area contributed by atoms with E-state index in [9.17, 15) is 5.11 Å². The summed E-state index contributed by atoms with van der Waals surface area (Å²) in [5.74, 6) is 0. The third kappa shape index (κ3) is 7.82. The number of hydrogen-bond donors (Lipinski definition) is 0. The highest BCUT2D eigenvalue weighted by Crippen LogP contribution is 2.06. The van der Waals surface area contributed by atoms with Crippen LogP contribution in [-0.4, -0.2) is 19.8 Å². The fourth-order valence-corrected chi connectivity index (χ4v) is 1.02. The normalized spacial score (nSPS) is 13.4. The predicted octanol–water partition coefficient (Wildman–Crippen LogP) is 2.40. The molecular formula is C9H19O2. The van der Waals surface area contributed by atoms with Crippen LogP contribution >= 0.6 is 0 Å². The highest BCUT2D eigenvalue weighted by atomic mass is 16.5. The van der Waals surface area contributed by atoms with Gasteiger partial charge in [-0.15, -0.1) is 0 Å².